The second kappa shape index (κ2) is 5.92. The molecule has 8 heteroatoms. The largest absolute Gasteiger partial charge is 0.386 e. The summed E-state index contributed by atoms with van der Waals surface area (Å²) in [5.41, 5.74) is 1.25. The van der Waals surface area contributed by atoms with Crippen LogP contribution in [0.2, 0.25) is 13.6 Å². The summed E-state index contributed by atoms with van der Waals surface area (Å²) in [5, 5.41) is 7.03. The highest BCUT2D eigenvalue weighted by atomic mass is 15.4. The monoisotopic (exact) mass is 310 g/mol. The molecule has 6 nitrogen and oxygen atoms in total. The Morgan fingerprint density at radius 2 is 1.70 bits per heavy atom. The lowest BCUT2D eigenvalue weighted by molar-refractivity contribution is 0.352. The van der Waals surface area contributed by atoms with Gasteiger partial charge in [-0.15, -0.1) is 0 Å². The summed E-state index contributed by atoms with van der Waals surface area (Å²) in [5.74, 6) is 0.805. The lowest BCUT2D eigenvalue weighted by Crippen LogP contribution is -2.74. The smallest absolute Gasteiger partial charge is 0.334 e. The van der Waals surface area contributed by atoms with Gasteiger partial charge in [0.05, 0.1) is 6.67 Å². The fourth-order valence-electron chi connectivity index (χ4n) is 3.63. The molecule has 1 fully saturated rings. The first kappa shape index (κ1) is 15.9. The highest BCUT2D eigenvalue weighted by Crippen LogP contribution is 2.30. The minimum atomic E-state index is 0.0323. The maximum Gasteiger partial charge on any atom is 0.334 e. The van der Waals surface area contributed by atoms with Crippen molar-refractivity contribution in [3.8, 4) is 0 Å². The Morgan fingerprint density at radius 1 is 1.04 bits per heavy atom. The number of benzene rings is 1. The quantitative estimate of drug-likeness (QED) is 0.864. The minimum absolute atomic E-state index is 0.0323. The molecule has 0 amide bonds. The first-order chi connectivity index (χ1) is 10.9. The molecule has 1 aromatic carbocycles. The molecule has 0 bridgehead atoms. The van der Waals surface area contributed by atoms with Gasteiger partial charge in [-0.2, -0.15) is 5.10 Å². The molecular weight excluding hydrogens is 286 g/mol. The van der Waals surface area contributed by atoms with E-state index in [1.165, 1.54) is 5.69 Å². The van der Waals surface area contributed by atoms with E-state index in [4.69, 9.17) is 0 Å². The fraction of sp³-hybridized carbons (Fsp3) is 0.467. The Bertz CT molecular complexity index is 627. The number of aromatic nitrogens is 3. The van der Waals surface area contributed by atoms with Crippen molar-refractivity contribution in [2.75, 3.05) is 16.3 Å². The molecule has 0 saturated carbocycles. The van der Waals surface area contributed by atoms with Crippen molar-refractivity contribution in [1.29, 1.82) is 0 Å². The number of anilines is 2. The third-order valence-corrected chi connectivity index (χ3v) is 4.55. The van der Waals surface area contributed by atoms with Crippen molar-refractivity contribution in [1.82, 2.24) is 19.9 Å². The Morgan fingerprint density at radius 3 is 2.26 bits per heavy atom. The summed E-state index contributed by atoms with van der Waals surface area (Å²) in [4.78, 5) is 9.02. The van der Waals surface area contributed by atoms with Crippen LogP contribution in [-0.4, -0.2) is 46.1 Å². The van der Waals surface area contributed by atoms with Crippen LogP contribution in [-0.2, 0) is 0 Å². The molecule has 2 heterocycles. The average molecular weight is 310 g/mol. The standard InChI is InChI=1S/C15H24B2N6/c1-15(2,3)23-16(4)21(13-9-7-6-8-10-13)12-22(17(23)5)14-18-11-19-20-14/h6-11H,12H2,1-5H3,(H,18,19,20). The summed E-state index contributed by atoms with van der Waals surface area (Å²) in [6.45, 7) is 12.5. The molecule has 120 valence electrons. The third-order valence-electron chi connectivity index (χ3n) is 4.55. The van der Waals surface area contributed by atoms with Gasteiger partial charge in [0.15, 0.2) is 0 Å². The van der Waals surface area contributed by atoms with Gasteiger partial charge in [-0.05, 0) is 38.4 Å². The zero-order valence-electron chi connectivity index (χ0n) is 14.6. The van der Waals surface area contributed by atoms with Crippen molar-refractivity contribution >= 4 is 25.6 Å². The molecule has 0 spiro atoms. The van der Waals surface area contributed by atoms with Crippen LogP contribution in [0.15, 0.2) is 36.7 Å². The van der Waals surface area contributed by atoms with Gasteiger partial charge in [0.1, 0.15) is 6.33 Å². The summed E-state index contributed by atoms with van der Waals surface area (Å²) in [6.07, 6.45) is 1.56. The number of aromatic amines is 1. The molecule has 1 aliphatic rings. The molecule has 3 rings (SSSR count). The van der Waals surface area contributed by atoms with E-state index in [0.717, 1.165) is 12.6 Å². The summed E-state index contributed by atoms with van der Waals surface area (Å²) >= 11 is 0. The van der Waals surface area contributed by atoms with Gasteiger partial charge >= 0.3 is 14.0 Å². The number of nitrogens with one attached hydrogen (secondary N) is 1. The van der Waals surface area contributed by atoms with Crippen LogP contribution in [0.4, 0.5) is 11.6 Å². The topological polar surface area (TPSA) is 51.3 Å². The molecule has 0 aliphatic carbocycles. The van der Waals surface area contributed by atoms with Gasteiger partial charge in [0.25, 0.3) is 0 Å². The van der Waals surface area contributed by atoms with Crippen LogP contribution in [0, 0.1) is 0 Å². The van der Waals surface area contributed by atoms with Crippen LogP contribution in [0.25, 0.3) is 0 Å². The van der Waals surface area contributed by atoms with Crippen LogP contribution in [0.1, 0.15) is 20.8 Å². The predicted octanol–water partition coefficient (Wildman–Crippen LogP) is 2.43. The van der Waals surface area contributed by atoms with Crippen molar-refractivity contribution in [3.05, 3.63) is 36.7 Å². The molecule has 0 unspecified atom stereocenters. The average Bonchev–Trinajstić information content (AvgIpc) is 3.01. The van der Waals surface area contributed by atoms with Crippen molar-refractivity contribution in [3.63, 3.8) is 0 Å². The van der Waals surface area contributed by atoms with E-state index < -0.39 is 0 Å². The van der Waals surface area contributed by atoms with Gasteiger partial charge in [-0.1, -0.05) is 31.8 Å². The van der Waals surface area contributed by atoms with E-state index in [2.05, 4.69) is 94.3 Å². The maximum atomic E-state index is 4.37. The Hall–Kier alpha value is -1.95. The predicted molar refractivity (Wildman–Crippen MR) is 97.5 cm³/mol. The molecule has 0 atom stereocenters. The molecule has 1 aliphatic heterocycles. The van der Waals surface area contributed by atoms with Crippen LogP contribution < -0.4 is 9.62 Å². The van der Waals surface area contributed by atoms with Gasteiger partial charge in [-0.3, -0.25) is 0 Å². The Labute approximate surface area is 139 Å². The number of nitrogens with zero attached hydrogens (tertiary/aromatic N) is 5. The number of rotatable bonds is 2. The normalized spacial score (nSPS) is 17.1. The lowest BCUT2D eigenvalue weighted by Gasteiger charge is -2.54. The highest BCUT2D eigenvalue weighted by molar-refractivity contribution is 6.77. The van der Waals surface area contributed by atoms with Gasteiger partial charge in [0.2, 0.25) is 5.95 Å². The highest BCUT2D eigenvalue weighted by Gasteiger charge is 2.46. The molecule has 23 heavy (non-hydrogen) atoms. The zero-order valence-corrected chi connectivity index (χ0v) is 14.6. The van der Waals surface area contributed by atoms with Crippen LogP contribution >= 0.6 is 0 Å². The first-order valence-electron chi connectivity index (χ1n) is 8.12. The van der Waals surface area contributed by atoms with E-state index in [1.54, 1.807) is 6.33 Å². The minimum Gasteiger partial charge on any atom is -0.386 e. The van der Waals surface area contributed by atoms with E-state index >= 15 is 0 Å². The fourth-order valence-corrected chi connectivity index (χ4v) is 3.63. The van der Waals surface area contributed by atoms with Crippen molar-refractivity contribution in [2.24, 2.45) is 0 Å². The van der Waals surface area contributed by atoms with E-state index in [1.807, 2.05) is 0 Å². The number of hydrogen-bond acceptors (Lipinski definition) is 5. The number of para-hydroxylation sites is 1. The maximum absolute atomic E-state index is 4.37. The summed E-state index contributed by atoms with van der Waals surface area (Å²) < 4.78 is 2.51. The molecule has 1 N–H and O–H groups in total. The molecule has 2 aromatic rings. The number of H-pyrrole nitrogens is 1. The summed E-state index contributed by atoms with van der Waals surface area (Å²) in [6, 6.07) is 10.5. The van der Waals surface area contributed by atoms with Crippen molar-refractivity contribution < 1.29 is 0 Å². The van der Waals surface area contributed by atoms with E-state index in [9.17, 15) is 0 Å². The van der Waals surface area contributed by atoms with E-state index in [0.29, 0.717) is 0 Å². The molecule has 0 radical (unpaired) electrons. The van der Waals surface area contributed by atoms with Gasteiger partial charge in [0, 0.05) is 5.69 Å². The van der Waals surface area contributed by atoms with Crippen LogP contribution in [0.3, 0.4) is 0 Å². The molecule has 1 aromatic heterocycles. The first-order valence-corrected chi connectivity index (χ1v) is 8.12. The second-order valence-electron chi connectivity index (χ2n) is 7.07. The lowest BCUT2D eigenvalue weighted by atomic mass is 9.54. The zero-order chi connectivity index (χ0) is 16.6. The molecular formula is C15H24B2N6. The van der Waals surface area contributed by atoms with Gasteiger partial charge < -0.3 is 14.3 Å². The molecule has 1 saturated heterocycles. The van der Waals surface area contributed by atoms with Crippen LogP contribution in [0.5, 0.6) is 0 Å². The second-order valence-corrected chi connectivity index (χ2v) is 7.07. The third kappa shape index (κ3) is 2.95. The Balaban J connectivity index is 2.01. The van der Waals surface area contributed by atoms with Gasteiger partial charge in [-0.25, -0.2) is 10.1 Å². The van der Waals surface area contributed by atoms with E-state index in [-0.39, 0.29) is 19.5 Å². The summed E-state index contributed by atoms with van der Waals surface area (Å²) in [7, 11) is 0. The Kier molecular flexibility index (Phi) is 4.10. The number of hydrogen-bond donors (Lipinski definition) is 1. The SMILES string of the molecule is CB1N(c2ccccc2)CN(c2ncn[nH]2)B(C)N1C(C)(C)C. The van der Waals surface area contributed by atoms with Crippen molar-refractivity contribution in [2.45, 2.75) is 40.0 Å².